The zero-order valence-corrected chi connectivity index (χ0v) is 11.5. The van der Waals surface area contributed by atoms with E-state index in [-0.39, 0.29) is 17.2 Å². The smallest absolute Gasteiger partial charge is 0.308 e. The summed E-state index contributed by atoms with van der Waals surface area (Å²) in [6.45, 7) is 2.86. The Morgan fingerprint density at radius 1 is 1.50 bits per heavy atom. The van der Waals surface area contributed by atoms with Gasteiger partial charge in [-0.3, -0.25) is 4.79 Å². The fraction of sp³-hybridized carbons (Fsp3) is 0.500. The first-order valence-corrected chi connectivity index (χ1v) is 7.63. The Kier molecular flexibility index (Phi) is 5.73. The van der Waals surface area contributed by atoms with E-state index in [9.17, 15) is 13.2 Å². The molecule has 6 nitrogen and oxygen atoms in total. The minimum atomic E-state index is -3.56. The van der Waals surface area contributed by atoms with Crippen LogP contribution in [0.15, 0.2) is 16.3 Å². The van der Waals surface area contributed by atoms with Crippen LogP contribution < -0.4 is 4.72 Å². The van der Waals surface area contributed by atoms with Crippen LogP contribution in [0, 0.1) is 0 Å². The highest BCUT2D eigenvalue weighted by Gasteiger charge is 2.16. The van der Waals surface area contributed by atoms with Gasteiger partial charge < -0.3 is 9.84 Å². The molecule has 0 aliphatic rings. The summed E-state index contributed by atoms with van der Waals surface area (Å²) in [7, 11) is -3.56. The molecule has 0 spiro atoms. The van der Waals surface area contributed by atoms with Crippen molar-refractivity contribution in [2.45, 2.75) is 17.6 Å². The van der Waals surface area contributed by atoms with Crippen LogP contribution in [0.3, 0.4) is 0 Å². The summed E-state index contributed by atoms with van der Waals surface area (Å²) in [4.78, 5) is 11.0. The molecular formula is C10H15NO5S2. The minimum absolute atomic E-state index is 0.121. The maximum atomic E-state index is 11.8. The normalized spacial score (nSPS) is 11.6. The van der Waals surface area contributed by atoms with Gasteiger partial charge in [0.1, 0.15) is 4.21 Å². The number of carbonyl (C=O) groups is 1. The molecule has 8 heteroatoms. The van der Waals surface area contributed by atoms with Gasteiger partial charge in [0.2, 0.25) is 10.0 Å². The number of hydrogen-bond donors (Lipinski definition) is 2. The summed E-state index contributed by atoms with van der Waals surface area (Å²) in [5, 5.41) is 8.60. The molecule has 0 bridgehead atoms. The van der Waals surface area contributed by atoms with E-state index in [1.54, 1.807) is 0 Å². The number of ether oxygens (including phenoxy) is 1. The third kappa shape index (κ3) is 4.73. The van der Waals surface area contributed by atoms with E-state index >= 15 is 0 Å². The van der Waals surface area contributed by atoms with Crippen molar-refractivity contribution in [3.8, 4) is 0 Å². The van der Waals surface area contributed by atoms with E-state index in [2.05, 4.69) is 4.72 Å². The average molecular weight is 293 g/mol. The number of sulfonamides is 1. The predicted octanol–water partition coefficient (Wildman–Crippen LogP) is 0.690. The van der Waals surface area contributed by atoms with Crippen LogP contribution >= 0.6 is 11.3 Å². The first-order chi connectivity index (χ1) is 8.45. The monoisotopic (exact) mass is 293 g/mol. The number of hydrogen-bond acceptors (Lipinski definition) is 5. The fourth-order valence-corrected chi connectivity index (χ4v) is 3.61. The van der Waals surface area contributed by atoms with Gasteiger partial charge in [-0.15, -0.1) is 11.3 Å². The van der Waals surface area contributed by atoms with Crippen LogP contribution in [0.5, 0.6) is 0 Å². The van der Waals surface area contributed by atoms with Gasteiger partial charge in [0.15, 0.2) is 0 Å². The molecule has 0 aliphatic carbocycles. The minimum Gasteiger partial charge on any atom is -0.481 e. The molecule has 0 fully saturated rings. The topological polar surface area (TPSA) is 92.7 Å². The molecule has 1 rings (SSSR count). The van der Waals surface area contributed by atoms with E-state index in [4.69, 9.17) is 9.84 Å². The van der Waals surface area contributed by atoms with E-state index in [1.807, 2.05) is 6.92 Å². The van der Waals surface area contributed by atoms with Gasteiger partial charge in [0, 0.05) is 18.0 Å². The van der Waals surface area contributed by atoms with Gasteiger partial charge in [0.25, 0.3) is 0 Å². The highest BCUT2D eigenvalue weighted by atomic mass is 32.2. The summed E-state index contributed by atoms with van der Waals surface area (Å²) in [6, 6.07) is 2.92. The highest BCUT2D eigenvalue weighted by molar-refractivity contribution is 7.91. The molecule has 0 unspecified atom stereocenters. The van der Waals surface area contributed by atoms with Gasteiger partial charge in [0.05, 0.1) is 13.0 Å². The molecule has 2 N–H and O–H groups in total. The van der Waals surface area contributed by atoms with E-state index < -0.39 is 16.0 Å². The zero-order chi connectivity index (χ0) is 13.6. The molecule has 102 valence electrons. The quantitative estimate of drug-likeness (QED) is 0.688. The maximum Gasteiger partial charge on any atom is 0.308 e. The summed E-state index contributed by atoms with van der Waals surface area (Å²) < 4.78 is 31.1. The Balaban J connectivity index is 2.61. The largest absolute Gasteiger partial charge is 0.481 e. The molecule has 1 aromatic rings. The van der Waals surface area contributed by atoms with Crippen LogP contribution in [0.1, 0.15) is 11.8 Å². The summed E-state index contributed by atoms with van der Waals surface area (Å²) in [6.07, 6.45) is -0.168. The molecule has 1 aromatic heterocycles. The SMILES string of the molecule is CCOCCNS(=O)(=O)c1ccc(CC(=O)O)s1. The third-order valence-corrected chi connectivity index (χ3v) is 5.01. The number of rotatable bonds is 8. The molecule has 0 aliphatic heterocycles. The van der Waals surface area contributed by atoms with E-state index in [0.717, 1.165) is 11.3 Å². The van der Waals surface area contributed by atoms with Crippen molar-refractivity contribution in [1.82, 2.24) is 4.72 Å². The van der Waals surface area contributed by atoms with Gasteiger partial charge in [-0.25, -0.2) is 13.1 Å². The van der Waals surface area contributed by atoms with Crippen LogP contribution in [-0.4, -0.2) is 39.3 Å². The van der Waals surface area contributed by atoms with E-state index in [0.29, 0.717) is 18.1 Å². The lowest BCUT2D eigenvalue weighted by molar-refractivity contribution is -0.136. The lowest BCUT2D eigenvalue weighted by Crippen LogP contribution is -2.26. The van der Waals surface area contributed by atoms with Crippen molar-refractivity contribution < 1.29 is 23.1 Å². The van der Waals surface area contributed by atoms with Crippen molar-refractivity contribution in [1.29, 1.82) is 0 Å². The second-order valence-corrected chi connectivity index (χ2v) is 6.55. The summed E-state index contributed by atoms with van der Waals surface area (Å²) in [5.41, 5.74) is 0. The van der Waals surface area contributed by atoms with Crippen molar-refractivity contribution in [2.75, 3.05) is 19.8 Å². The number of nitrogens with one attached hydrogen (secondary N) is 1. The lowest BCUT2D eigenvalue weighted by atomic mass is 10.3. The number of aliphatic carboxylic acids is 1. The van der Waals surface area contributed by atoms with Crippen LogP contribution in [0.25, 0.3) is 0 Å². The molecule has 0 saturated carbocycles. The highest BCUT2D eigenvalue weighted by Crippen LogP contribution is 2.21. The molecule has 0 aromatic carbocycles. The Hall–Kier alpha value is -0.960. The number of carboxylic acids is 1. The van der Waals surface area contributed by atoms with Gasteiger partial charge in [-0.05, 0) is 19.1 Å². The molecule has 0 amide bonds. The second kappa shape index (κ2) is 6.83. The second-order valence-electron chi connectivity index (χ2n) is 3.39. The molecular weight excluding hydrogens is 278 g/mol. The van der Waals surface area contributed by atoms with Gasteiger partial charge in [-0.1, -0.05) is 0 Å². The van der Waals surface area contributed by atoms with Gasteiger partial charge >= 0.3 is 5.97 Å². The van der Waals surface area contributed by atoms with E-state index in [1.165, 1.54) is 12.1 Å². The average Bonchev–Trinajstić information content (AvgIpc) is 2.73. The molecule has 1 heterocycles. The van der Waals surface area contributed by atoms with Crippen LogP contribution in [-0.2, 0) is 26.0 Å². The molecule has 18 heavy (non-hydrogen) atoms. The van der Waals surface area contributed by atoms with Crippen molar-refractivity contribution >= 4 is 27.3 Å². The standard InChI is InChI=1S/C10H15NO5S2/c1-2-16-6-5-11-18(14,15)10-4-3-8(17-10)7-9(12)13/h3-4,11H,2,5-7H2,1H3,(H,12,13). The summed E-state index contributed by atoms with van der Waals surface area (Å²) in [5.74, 6) is -0.981. The number of thiophene rings is 1. The Labute approximate surface area is 110 Å². The Morgan fingerprint density at radius 2 is 2.22 bits per heavy atom. The van der Waals surface area contributed by atoms with Crippen LogP contribution in [0.4, 0.5) is 0 Å². The first-order valence-electron chi connectivity index (χ1n) is 5.33. The predicted molar refractivity (Wildman–Crippen MR) is 67.3 cm³/mol. The Bertz CT molecular complexity index is 494. The fourth-order valence-electron chi connectivity index (χ4n) is 1.21. The first kappa shape index (κ1) is 15.1. The molecule has 0 atom stereocenters. The zero-order valence-electron chi connectivity index (χ0n) is 9.88. The van der Waals surface area contributed by atoms with Crippen molar-refractivity contribution in [3.63, 3.8) is 0 Å². The lowest BCUT2D eigenvalue weighted by Gasteiger charge is -2.04. The van der Waals surface area contributed by atoms with Crippen molar-refractivity contribution in [3.05, 3.63) is 17.0 Å². The maximum absolute atomic E-state index is 11.8. The van der Waals surface area contributed by atoms with Crippen molar-refractivity contribution in [2.24, 2.45) is 0 Å². The van der Waals surface area contributed by atoms with Gasteiger partial charge in [-0.2, -0.15) is 0 Å². The third-order valence-electron chi connectivity index (χ3n) is 1.97. The Morgan fingerprint density at radius 3 is 2.83 bits per heavy atom. The summed E-state index contributed by atoms with van der Waals surface area (Å²) >= 11 is 0.960. The molecule has 0 saturated heterocycles. The number of carboxylic acid groups (broad SMARTS) is 1. The van der Waals surface area contributed by atoms with Crippen LogP contribution in [0.2, 0.25) is 0 Å². The molecule has 0 radical (unpaired) electrons.